The lowest BCUT2D eigenvalue weighted by molar-refractivity contribution is 0.346. The number of piperidine rings is 1. The molecule has 0 bridgehead atoms. The lowest BCUT2D eigenvalue weighted by Gasteiger charge is -2.28. The summed E-state index contributed by atoms with van der Waals surface area (Å²) in [6.07, 6.45) is 2.15. The van der Waals surface area contributed by atoms with Gasteiger partial charge < -0.3 is 5.73 Å². The number of nitrogens with zero attached hydrogens (tertiary/aromatic N) is 2. The Morgan fingerprint density at radius 1 is 1.25 bits per heavy atom. The lowest BCUT2D eigenvalue weighted by Crippen LogP contribution is -2.36. The van der Waals surface area contributed by atoms with Gasteiger partial charge in [0.2, 0.25) is 0 Å². The molecule has 3 nitrogen and oxygen atoms in total. The zero-order valence-corrected chi connectivity index (χ0v) is 9.91. The summed E-state index contributed by atoms with van der Waals surface area (Å²) in [7, 11) is 0. The van der Waals surface area contributed by atoms with E-state index in [0.29, 0.717) is 11.6 Å². The normalized spacial score (nSPS) is 18.2. The van der Waals surface area contributed by atoms with Gasteiger partial charge in [0.15, 0.2) is 0 Å². The fourth-order valence-electron chi connectivity index (χ4n) is 1.71. The molecule has 0 saturated carbocycles. The lowest BCUT2D eigenvalue weighted by atomic mass is 10.1. The molecule has 2 rings (SSSR count). The van der Waals surface area contributed by atoms with E-state index in [4.69, 9.17) is 11.0 Å². The van der Waals surface area contributed by atoms with Gasteiger partial charge in [0.05, 0.1) is 11.6 Å². The summed E-state index contributed by atoms with van der Waals surface area (Å²) in [5.41, 5.74) is 6.57. The minimum absolute atomic E-state index is 0.373. The molecule has 0 aliphatic carbocycles. The molecule has 1 aliphatic heterocycles. The highest BCUT2D eigenvalue weighted by molar-refractivity contribution is 7.97. The van der Waals surface area contributed by atoms with Crippen LogP contribution in [0, 0.1) is 11.3 Å². The Hall–Kier alpha value is -1.02. The molecule has 2 N–H and O–H groups in total. The average Bonchev–Trinajstić information content (AvgIpc) is 2.33. The number of nitrogens with two attached hydrogens (primary N) is 1. The van der Waals surface area contributed by atoms with Crippen LogP contribution in [0.3, 0.4) is 0 Å². The second-order valence-electron chi connectivity index (χ2n) is 3.99. The van der Waals surface area contributed by atoms with E-state index in [0.717, 1.165) is 25.9 Å². The van der Waals surface area contributed by atoms with E-state index in [-0.39, 0.29) is 0 Å². The summed E-state index contributed by atoms with van der Waals surface area (Å²) in [5.74, 6) is 0. The van der Waals surface area contributed by atoms with Crippen LogP contribution < -0.4 is 5.73 Å². The molecule has 0 radical (unpaired) electrons. The minimum Gasteiger partial charge on any atom is -0.328 e. The highest BCUT2D eigenvalue weighted by Gasteiger charge is 2.16. The summed E-state index contributed by atoms with van der Waals surface area (Å²) < 4.78 is 2.34. The molecule has 84 valence electrons. The van der Waals surface area contributed by atoms with Gasteiger partial charge in [0.25, 0.3) is 0 Å². The van der Waals surface area contributed by atoms with Gasteiger partial charge in [-0.05, 0) is 49.1 Å². The number of rotatable bonds is 2. The van der Waals surface area contributed by atoms with Crippen molar-refractivity contribution in [3.8, 4) is 6.07 Å². The molecule has 16 heavy (non-hydrogen) atoms. The highest BCUT2D eigenvalue weighted by atomic mass is 32.2. The molecule has 1 fully saturated rings. The monoisotopic (exact) mass is 233 g/mol. The molecule has 0 amide bonds. The van der Waals surface area contributed by atoms with E-state index in [1.807, 2.05) is 24.3 Å². The second kappa shape index (κ2) is 5.35. The third-order valence-corrected chi connectivity index (χ3v) is 3.82. The smallest absolute Gasteiger partial charge is 0.0991 e. The molecule has 1 saturated heterocycles. The van der Waals surface area contributed by atoms with E-state index in [1.165, 1.54) is 4.90 Å². The summed E-state index contributed by atoms with van der Waals surface area (Å²) in [5, 5.41) is 8.70. The first-order valence-electron chi connectivity index (χ1n) is 5.46. The van der Waals surface area contributed by atoms with Gasteiger partial charge in [-0.15, -0.1) is 0 Å². The Labute approximate surface area is 100 Å². The SMILES string of the molecule is N#Cc1ccc(SN2CCC(N)CC2)cc1. The largest absolute Gasteiger partial charge is 0.328 e. The first kappa shape index (κ1) is 11.5. The Balaban J connectivity index is 1.91. The molecule has 1 aliphatic rings. The van der Waals surface area contributed by atoms with E-state index in [1.54, 1.807) is 11.9 Å². The molecule has 1 aromatic carbocycles. The van der Waals surface area contributed by atoms with Crippen LogP contribution in [0.1, 0.15) is 18.4 Å². The predicted octanol–water partition coefficient (Wildman–Crippen LogP) is 1.99. The molecule has 4 heteroatoms. The van der Waals surface area contributed by atoms with E-state index in [9.17, 15) is 0 Å². The zero-order valence-electron chi connectivity index (χ0n) is 9.10. The van der Waals surface area contributed by atoms with Gasteiger partial charge >= 0.3 is 0 Å². The Morgan fingerprint density at radius 3 is 2.44 bits per heavy atom. The van der Waals surface area contributed by atoms with Crippen molar-refractivity contribution in [1.29, 1.82) is 5.26 Å². The van der Waals surface area contributed by atoms with Crippen LogP contribution in [0.4, 0.5) is 0 Å². The van der Waals surface area contributed by atoms with Crippen molar-refractivity contribution in [1.82, 2.24) is 4.31 Å². The number of nitriles is 1. The third-order valence-electron chi connectivity index (χ3n) is 2.72. The van der Waals surface area contributed by atoms with Crippen LogP contribution in [0.2, 0.25) is 0 Å². The molecule has 0 atom stereocenters. The van der Waals surface area contributed by atoms with Crippen molar-refractivity contribution in [2.24, 2.45) is 5.73 Å². The standard InChI is InChI=1S/C12H15N3S/c13-9-10-1-3-12(4-2-10)16-15-7-5-11(14)6-8-15/h1-4,11H,5-8,14H2. The van der Waals surface area contributed by atoms with E-state index < -0.39 is 0 Å². The minimum atomic E-state index is 0.373. The quantitative estimate of drug-likeness (QED) is 0.794. The maximum atomic E-state index is 8.70. The van der Waals surface area contributed by atoms with Gasteiger partial charge in [-0.2, -0.15) is 5.26 Å². The van der Waals surface area contributed by atoms with Crippen molar-refractivity contribution >= 4 is 11.9 Å². The van der Waals surface area contributed by atoms with Crippen molar-refractivity contribution in [2.75, 3.05) is 13.1 Å². The van der Waals surface area contributed by atoms with E-state index >= 15 is 0 Å². The highest BCUT2D eigenvalue weighted by Crippen LogP contribution is 2.25. The molecule has 1 aromatic rings. The number of hydrogen-bond donors (Lipinski definition) is 1. The van der Waals surface area contributed by atoms with Crippen molar-refractivity contribution in [3.63, 3.8) is 0 Å². The van der Waals surface area contributed by atoms with Crippen LogP contribution in [0.5, 0.6) is 0 Å². The van der Waals surface area contributed by atoms with Crippen LogP contribution in [-0.2, 0) is 0 Å². The maximum absolute atomic E-state index is 8.70. The van der Waals surface area contributed by atoms with Gasteiger partial charge in [-0.1, -0.05) is 0 Å². The molecule has 1 heterocycles. The zero-order chi connectivity index (χ0) is 11.4. The summed E-state index contributed by atoms with van der Waals surface area (Å²) in [6, 6.07) is 10.2. The number of benzene rings is 1. The first-order chi connectivity index (χ1) is 7.78. The van der Waals surface area contributed by atoms with Crippen LogP contribution >= 0.6 is 11.9 Å². The van der Waals surface area contributed by atoms with Crippen molar-refractivity contribution < 1.29 is 0 Å². The van der Waals surface area contributed by atoms with Gasteiger partial charge in [0, 0.05) is 24.0 Å². The fraction of sp³-hybridized carbons (Fsp3) is 0.417. The van der Waals surface area contributed by atoms with Crippen molar-refractivity contribution in [2.45, 2.75) is 23.8 Å². The van der Waals surface area contributed by atoms with E-state index in [2.05, 4.69) is 10.4 Å². The summed E-state index contributed by atoms with van der Waals surface area (Å²) in [6.45, 7) is 2.09. The first-order valence-corrected chi connectivity index (χ1v) is 6.24. The van der Waals surface area contributed by atoms with Gasteiger partial charge in [-0.3, -0.25) is 0 Å². The fourth-order valence-corrected chi connectivity index (χ4v) is 2.66. The maximum Gasteiger partial charge on any atom is 0.0991 e. The van der Waals surface area contributed by atoms with Gasteiger partial charge in [0.1, 0.15) is 0 Å². The van der Waals surface area contributed by atoms with Crippen LogP contribution in [-0.4, -0.2) is 23.4 Å². The summed E-state index contributed by atoms with van der Waals surface area (Å²) >= 11 is 1.75. The molecule has 0 unspecified atom stereocenters. The Bertz CT molecular complexity index is 374. The number of hydrogen-bond acceptors (Lipinski definition) is 4. The second-order valence-corrected chi connectivity index (χ2v) is 5.16. The Kier molecular flexibility index (Phi) is 3.83. The van der Waals surface area contributed by atoms with Crippen LogP contribution in [0.15, 0.2) is 29.2 Å². The topological polar surface area (TPSA) is 53.0 Å². The Morgan fingerprint density at radius 2 is 1.88 bits per heavy atom. The molecular weight excluding hydrogens is 218 g/mol. The van der Waals surface area contributed by atoms with Crippen molar-refractivity contribution in [3.05, 3.63) is 29.8 Å². The average molecular weight is 233 g/mol. The van der Waals surface area contributed by atoms with Gasteiger partial charge in [-0.25, -0.2) is 4.31 Å². The molecular formula is C12H15N3S. The third kappa shape index (κ3) is 2.99. The molecule has 0 spiro atoms. The molecule has 0 aromatic heterocycles. The predicted molar refractivity (Wildman–Crippen MR) is 65.8 cm³/mol. The summed E-state index contributed by atoms with van der Waals surface area (Å²) in [4.78, 5) is 1.19. The van der Waals surface area contributed by atoms with Crippen LogP contribution in [0.25, 0.3) is 0 Å².